The maximum atomic E-state index is 11.8. The molecule has 0 aliphatic carbocycles. The van der Waals surface area contributed by atoms with Crippen molar-refractivity contribution in [2.75, 3.05) is 10.6 Å². The highest BCUT2D eigenvalue weighted by molar-refractivity contribution is 6.47. The SMILES string of the molecule is Cc1cccnc1NC(=O)C(=O)Nc1cccc(Cl)c1Cl. The molecule has 2 aromatic rings. The first-order valence-electron chi connectivity index (χ1n) is 5.97. The number of pyridine rings is 1. The number of hydrogen-bond acceptors (Lipinski definition) is 3. The van der Waals surface area contributed by atoms with E-state index >= 15 is 0 Å². The number of rotatable bonds is 2. The molecule has 108 valence electrons. The number of hydrogen-bond donors (Lipinski definition) is 2. The Bertz CT molecular complexity index is 704. The van der Waals surface area contributed by atoms with Gasteiger partial charge in [0.2, 0.25) is 0 Å². The molecule has 0 bridgehead atoms. The van der Waals surface area contributed by atoms with Crippen LogP contribution >= 0.6 is 23.2 Å². The molecule has 0 aliphatic heterocycles. The number of carbonyl (C=O) groups is 2. The number of anilines is 2. The zero-order chi connectivity index (χ0) is 15.4. The molecular weight excluding hydrogens is 313 g/mol. The molecule has 0 saturated carbocycles. The topological polar surface area (TPSA) is 71.1 Å². The maximum Gasteiger partial charge on any atom is 0.315 e. The van der Waals surface area contributed by atoms with E-state index in [1.807, 2.05) is 0 Å². The predicted octanol–water partition coefficient (Wildman–Crippen LogP) is 3.27. The Labute approximate surface area is 131 Å². The van der Waals surface area contributed by atoms with Crippen LogP contribution in [0.25, 0.3) is 0 Å². The monoisotopic (exact) mass is 323 g/mol. The van der Waals surface area contributed by atoms with Crippen molar-refractivity contribution in [3.63, 3.8) is 0 Å². The van der Waals surface area contributed by atoms with E-state index < -0.39 is 11.8 Å². The summed E-state index contributed by atoms with van der Waals surface area (Å²) in [6.07, 6.45) is 1.52. The molecule has 0 radical (unpaired) electrons. The summed E-state index contributed by atoms with van der Waals surface area (Å²) in [6, 6.07) is 8.25. The van der Waals surface area contributed by atoms with Crippen molar-refractivity contribution in [3.05, 3.63) is 52.1 Å². The molecule has 0 aliphatic rings. The Hall–Kier alpha value is -2.11. The summed E-state index contributed by atoms with van der Waals surface area (Å²) >= 11 is 11.8. The van der Waals surface area contributed by atoms with Gasteiger partial charge >= 0.3 is 11.8 Å². The molecule has 7 heteroatoms. The van der Waals surface area contributed by atoms with Crippen molar-refractivity contribution in [1.29, 1.82) is 0 Å². The number of aryl methyl sites for hydroxylation is 1. The quantitative estimate of drug-likeness (QED) is 0.833. The fourth-order valence-corrected chi connectivity index (χ4v) is 1.91. The van der Waals surface area contributed by atoms with Crippen LogP contribution in [0.5, 0.6) is 0 Å². The first-order chi connectivity index (χ1) is 9.99. The molecule has 0 unspecified atom stereocenters. The van der Waals surface area contributed by atoms with Gasteiger partial charge in [-0.05, 0) is 30.7 Å². The van der Waals surface area contributed by atoms with Crippen LogP contribution in [0.2, 0.25) is 10.0 Å². The molecule has 0 saturated heterocycles. The molecular formula is C14H11Cl2N3O2. The molecule has 0 fully saturated rings. The third-order valence-corrected chi connectivity index (χ3v) is 3.47. The van der Waals surface area contributed by atoms with Crippen molar-refractivity contribution in [1.82, 2.24) is 4.98 Å². The fourth-order valence-electron chi connectivity index (χ4n) is 1.56. The highest BCUT2D eigenvalue weighted by atomic mass is 35.5. The van der Waals surface area contributed by atoms with Crippen LogP contribution in [-0.2, 0) is 9.59 Å². The van der Waals surface area contributed by atoms with Crippen LogP contribution in [0.3, 0.4) is 0 Å². The summed E-state index contributed by atoms with van der Waals surface area (Å²) in [5, 5.41) is 5.28. The number of carbonyl (C=O) groups excluding carboxylic acids is 2. The van der Waals surface area contributed by atoms with Gasteiger partial charge in [0.25, 0.3) is 0 Å². The number of benzene rings is 1. The van der Waals surface area contributed by atoms with Crippen molar-refractivity contribution in [3.8, 4) is 0 Å². The molecule has 0 atom stereocenters. The van der Waals surface area contributed by atoms with Gasteiger partial charge in [-0.15, -0.1) is 0 Å². The van der Waals surface area contributed by atoms with E-state index in [0.717, 1.165) is 5.56 Å². The average molecular weight is 324 g/mol. The molecule has 21 heavy (non-hydrogen) atoms. The minimum Gasteiger partial charge on any atom is -0.316 e. The largest absolute Gasteiger partial charge is 0.316 e. The van der Waals surface area contributed by atoms with Crippen LogP contribution in [-0.4, -0.2) is 16.8 Å². The third-order valence-electron chi connectivity index (χ3n) is 2.65. The third kappa shape index (κ3) is 3.71. The predicted molar refractivity (Wildman–Crippen MR) is 82.7 cm³/mol. The van der Waals surface area contributed by atoms with Gasteiger partial charge in [0.1, 0.15) is 5.82 Å². The van der Waals surface area contributed by atoms with E-state index in [4.69, 9.17) is 23.2 Å². The zero-order valence-corrected chi connectivity index (χ0v) is 12.5. The molecule has 0 spiro atoms. The summed E-state index contributed by atoms with van der Waals surface area (Å²) in [6.45, 7) is 1.77. The van der Waals surface area contributed by atoms with Gasteiger partial charge in [0.15, 0.2) is 0 Å². The second-order valence-corrected chi connectivity index (χ2v) is 4.96. The molecule has 1 heterocycles. The second-order valence-electron chi connectivity index (χ2n) is 4.18. The van der Waals surface area contributed by atoms with Gasteiger partial charge in [0, 0.05) is 6.20 Å². The van der Waals surface area contributed by atoms with Gasteiger partial charge in [-0.2, -0.15) is 0 Å². The van der Waals surface area contributed by atoms with E-state index in [1.165, 1.54) is 6.20 Å². The highest BCUT2D eigenvalue weighted by Gasteiger charge is 2.17. The maximum absolute atomic E-state index is 11.8. The van der Waals surface area contributed by atoms with Crippen molar-refractivity contribution >= 4 is 46.5 Å². The molecule has 2 rings (SSSR count). The van der Waals surface area contributed by atoms with Crippen molar-refractivity contribution < 1.29 is 9.59 Å². The van der Waals surface area contributed by atoms with Gasteiger partial charge in [-0.1, -0.05) is 35.3 Å². The summed E-state index contributed by atoms with van der Waals surface area (Å²) in [7, 11) is 0. The number of nitrogens with zero attached hydrogens (tertiary/aromatic N) is 1. The summed E-state index contributed by atoms with van der Waals surface area (Å²) in [5.74, 6) is -1.37. The number of halogens is 2. The molecule has 2 amide bonds. The van der Waals surface area contributed by atoms with E-state index in [0.29, 0.717) is 5.82 Å². The van der Waals surface area contributed by atoms with Crippen molar-refractivity contribution in [2.45, 2.75) is 6.92 Å². The zero-order valence-electron chi connectivity index (χ0n) is 11.0. The van der Waals surface area contributed by atoms with Gasteiger partial charge < -0.3 is 10.6 Å². The lowest BCUT2D eigenvalue weighted by Crippen LogP contribution is -2.29. The van der Waals surface area contributed by atoms with E-state index in [-0.39, 0.29) is 15.7 Å². The number of aromatic nitrogens is 1. The standard InChI is InChI=1S/C14H11Cl2N3O2/c1-8-4-3-7-17-12(8)19-14(21)13(20)18-10-6-2-5-9(15)11(10)16/h2-7H,1H3,(H,18,20)(H,17,19,21). The van der Waals surface area contributed by atoms with Crippen LogP contribution in [0.1, 0.15) is 5.56 Å². The first kappa shape index (κ1) is 15.3. The Morgan fingerprint density at radius 1 is 1.05 bits per heavy atom. The highest BCUT2D eigenvalue weighted by Crippen LogP contribution is 2.29. The molecule has 1 aromatic carbocycles. The number of amides is 2. The summed E-state index contributed by atoms with van der Waals surface area (Å²) < 4.78 is 0. The summed E-state index contributed by atoms with van der Waals surface area (Å²) in [4.78, 5) is 27.6. The Balaban J connectivity index is 2.08. The minimum atomic E-state index is -0.857. The van der Waals surface area contributed by atoms with Crippen LogP contribution in [0, 0.1) is 6.92 Å². The second kappa shape index (κ2) is 6.56. The smallest absolute Gasteiger partial charge is 0.315 e. The van der Waals surface area contributed by atoms with Crippen molar-refractivity contribution in [2.24, 2.45) is 0 Å². The summed E-state index contributed by atoms with van der Waals surface area (Å²) in [5.41, 5.74) is 1.02. The molecule has 2 N–H and O–H groups in total. The average Bonchev–Trinajstić information content (AvgIpc) is 2.46. The molecule has 1 aromatic heterocycles. The normalized spacial score (nSPS) is 10.0. The molecule has 5 nitrogen and oxygen atoms in total. The lowest BCUT2D eigenvalue weighted by Gasteiger charge is -2.09. The van der Waals surface area contributed by atoms with Gasteiger partial charge in [-0.3, -0.25) is 9.59 Å². The van der Waals surface area contributed by atoms with Gasteiger partial charge in [0.05, 0.1) is 15.7 Å². The van der Waals surface area contributed by atoms with E-state index in [1.54, 1.807) is 37.3 Å². The Morgan fingerprint density at radius 3 is 2.48 bits per heavy atom. The van der Waals surface area contributed by atoms with Crippen LogP contribution in [0.15, 0.2) is 36.5 Å². The van der Waals surface area contributed by atoms with Gasteiger partial charge in [-0.25, -0.2) is 4.98 Å². The van der Waals surface area contributed by atoms with E-state index in [9.17, 15) is 9.59 Å². The Kier molecular flexibility index (Phi) is 4.77. The lowest BCUT2D eigenvalue weighted by atomic mass is 10.3. The Morgan fingerprint density at radius 2 is 1.76 bits per heavy atom. The number of nitrogens with one attached hydrogen (secondary N) is 2. The van der Waals surface area contributed by atoms with E-state index in [2.05, 4.69) is 15.6 Å². The fraction of sp³-hybridized carbons (Fsp3) is 0.0714. The lowest BCUT2D eigenvalue weighted by molar-refractivity contribution is -0.133. The van der Waals surface area contributed by atoms with Crippen LogP contribution in [0.4, 0.5) is 11.5 Å². The van der Waals surface area contributed by atoms with Crippen LogP contribution < -0.4 is 10.6 Å². The minimum absolute atomic E-state index is 0.175. The first-order valence-corrected chi connectivity index (χ1v) is 6.72.